The minimum absolute atomic E-state index is 0.104. The van der Waals surface area contributed by atoms with Crippen LogP contribution in [0, 0.1) is 5.92 Å². The van der Waals surface area contributed by atoms with Crippen LogP contribution in [0.5, 0.6) is 0 Å². The monoisotopic (exact) mass is 272 g/mol. The van der Waals surface area contributed by atoms with Crippen molar-refractivity contribution in [1.82, 2.24) is 15.5 Å². The molecule has 1 aliphatic rings. The van der Waals surface area contributed by atoms with Crippen LogP contribution in [-0.2, 0) is 9.53 Å². The summed E-state index contributed by atoms with van der Waals surface area (Å²) in [4.78, 5) is 25.0. The maximum Gasteiger partial charge on any atom is 0.321 e. The first-order valence-electron chi connectivity index (χ1n) is 6.55. The minimum Gasteiger partial charge on any atom is -0.383 e. The zero-order valence-corrected chi connectivity index (χ0v) is 11.6. The number of rotatable bonds is 5. The Morgan fingerprint density at radius 2 is 2.16 bits per heavy atom. The first-order valence-corrected chi connectivity index (χ1v) is 6.55. The van der Waals surface area contributed by atoms with Gasteiger partial charge in [0.05, 0.1) is 13.2 Å². The quantitative estimate of drug-likeness (QED) is 0.565. The number of imide groups is 1. The molecule has 1 saturated heterocycles. The molecule has 0 radical (unpaired) electrons. The van der Waals surface area contributed by atoms with E-state index in [-0.39, 0.29) is 18.5 Å². The van der Waals surface area contributed by atoms with Crippen LogP contribution in [0.1, 0.15) is 13.3 Å². The molecule has 0 saturated carbocycles. The van der Waals surface area contributed by atoms with Gasteiger partial charge in [-0.3, -0.25) is 15.0 Å². The summed E-state index contributed by atoms with van der Waals surface area (Å²) in [6.45, 7) is 4.65. The molecule has 4 N–H and O–H groups in total. The third-order valence-corrected chi connectivity index (χ3v) is 2.98. The van der Waals surface area contributed by atoms with Crippen LogP contribution in [0.2, 0.25) is 0 Å². The lowest BCUT2D eigenvalue weighted by Crippen LogP contribution is -2.51. The zero-order valence-electron chi connectivity index (χ0n) is 11.6. The number of amides is 3. The highest BCUT2D eigenvalue weighted by molar-refractivity contribution is 5.95. The molecule has 110 valence electrons. The van der Waals surface area contributed by atoms with Crippen LogP contribution in [0.15, 0.2) is 0 Å². The van der Waals surface area contributed by atoms with Crippen LogP contribution in [0.3, 0.4) is 0 Å². The van der Waals surface area contributed by atoms with Gasteiger partial charge in [-0.2, -0.15) is 0 Å². The molecule has 1 fully saturated rings. The van der Waals surface area contributed by atoms with Crippen molar-refractivity contribution in [2.45, 2.75) is 19.4 Å². The fourth-order valence-electron chi connectivity index (χ4n) is 2.32. The number of urea groups is 1. The second-order valence-electron chi connectivity index (χ2n) is 5.09. The average molecular weight is 272 g/mol. The number of piperidine rings is 1. The van der Waals surface area contributed by atoms with Crippen molar-refractivity contribution < 1.29 is 14.3 Å². The SMILES string of the molecule is COCCNC(=O)NC(=O)CN1CC(C)CC(N)C1. The lowest BCUT2D eigenvalue weighted by Gasteiger charge is -2.34. The summed E-state index contributed by atoms with van der Waals surface area (Å²) in [7, 11) is 1.55. The minimum atomic E-state index is -0.489. The molecular weight excluding hydrogens is 248 g/mol. The Kier molecular flexibility index (Phi) is 6.75. The Bertz CT molecular complexity index is 301. The second kappa shape index (κ2) is 8.08. The molecular formula is C12H24N4O3. The molecule has 0 aromatic carbocycles. The second-order valence-corrected chi connectivity index (χ2v) is 5.09. The number of hydrogen-bond acceptors (Lipinski definition) is 5. The molecule has 1 heterocycles. The summed E-state index contributed by atoms with van der Waals surface area (Å²) in [5.41, 5.74) is 5.91. The number of hydrogen-bond donors (Lipinski definition) is 3. The number of nitrogens with zero attached hydrogens (tertiary/aromatic N) is 1. The number of methoxy groups -OCH3 is 1. The smallest absolute Gasteiger partial charge is 0.321 e. The van der Waals surface area contributed by atoms with Crippen molar-refractivity contribution in [3.63, 3.8) is 0 Å². The lowest BCUT2D eigenvalue weighted by atomic mass is 9.97. The molecule has 2 atom stereocenters. The Labute approximate surface area is 113 Å². The molecule has 0 aromatic heterocycles. The largest absolute Gasteiger partial charge is 0.383 e. The molecule has 2 unspecified atom stereocenters. The van der Waals surface area contributed by atoms with Crippen molar-refractivity contribution in [1.29, 1.82) is 0 Å². The Balaban J connectivity index is 2.24. The van der Waals surface area contributed by atoms with Crippen LogP contribution in [0.4, 0.5) is 4.79 Å². The van der Waals surface area contributed by atoms with Gasteiger partial charge in [-0.15, -0.1) is 0 Å². The molecule has 1 aliphatic heterocycles. The number of ether oxygens (including phenoxy) is 1. The molecule has 19 heavy (non-hydrogen) atoms. The summed E-state index contributed by atoms with van der Waals surface area (Å²) < 4.78 is 4.79. The fourth-order valence-corrected chi connectivity index (χ4v) is 2.32. The normalized spacial score (nSPS) is 23.9. The van der Waals surface area contributed by atoms with E-state index in [2.05, 4.69) is 17.6 Å². The van der Waals surface area contributed by atoms with Crippen molar-refractivity contribution in [2.24, 2.45) is 11.7 Å². The highest BCUT2D eigenvalue weighted by Crippen LogP contribution is 2.14. The summed E-state index contributed by atoms with van der Waals surface area (Å²) in [5.74, 6) is 0.170. The van der Waals surface area contributed by atoms with Gasteiger partial charge in [0, 0.05) is 32.8 Å². The molecule has 1 rings (SSSR count). The summed E-state index contributed by atoms with van der Waals surface area (Å²) in [6.07, 6.45) is 0.982. The van der Waals surface area contributed by atoms with E-state index in [4.69, 9.17) is 10.5 Å². The van der Waals surface area contributed by atoms with Crippen molar-refractivity contribution in [3.8, 4) is 0 Å². The van der Waals surface area contributed by atoms with E-state index in [1.54, 1.807) is 7.11 Å². The van der Waals surface area contributed by atoms with Crippen LogP contribution >= 0.6 is 0 Å². The number of carbonyl (C=O) groups excluding carboxylic acids is 2. The molecule has 7 heteroatoms. The topological polar surface area (TPSA) is 96.7 Å². The predicted molar refractivity (Wildman–Crippen MR) is 71.6 cm³/mol. The highest BCUT2D eigenvalue weighted by Gasteiger charge is 2.23. The Morgan fingerprint density at radius 3 is 2.79 bits per heavy atom. The van der Waals surface area contributed by atoms with Crippen molar-refractivity contribution in [2.75, 3.05) is 39.9 Å². The van der Waals surface area contributed by atoms with Gasteiger partial charge >= 0.3 is 6.03 Å². The molecule has 0 bridgehead atoms. The predicted octanol–water partition coefficient (Wildman–Crippen LogP) is -0.872. The number of nitrogens with one attached hydrogen (secondary N) is 2. The first-order chi connectivity index (χ1) is 9.01. The van der Waals surface area contributed by atoms with E-state index in [0.717, 1.165) is 13.0 Å². The molecule has 7 nitrogen and oxygen atoms in total. The van der Waals surface area contributed by atoms with Gasteiger partial charge in [0.1, 0.15) is 0 Å². The van der Waals surface area contributed by atoms with E-state index in [9.17, 15) is 9.59 Å². The zero-order chi connectivity index (χ0) is 14.3. The van der Waals surface area contributed by atoms with Gasteiger partial charge in [-0.1, -0.05) is 6.92 Å². The van der Waals surface area contributed by atoms with E-state index in [1.165, 1.54) is 0 Å². The van der Waals surface area contributed by atoms with E-state index >= 15 is 0 Å². The highest BCUT2D eigenvalue weighted by atomic mass is 16.5. The molecule has 0 spiro atoms. The van der Waals surface area contributed by atoms with E-state index in [0.29, 0.717) is 25.6 Å². The standard InChI is InChI=1S/C12H24N4O3/c1-9-5-10(13)7-16(6-9)8-11(17)15-12(18)14-3-4-19-2/h9-10H,3-8,13H2,1-2H3,(H2,14,15,17,18). The molecule has 0 aromatic rings. The third-order valence-electron chi connectivity index (χ3n) is 2.98. The summed E-state index contributed by atoms with van der Waals surface area (Å²) in [5, 5.41) is 4.82. The Hall–Kier alpha value is -1.18. The number of likely N-dealkylation sites (tertiary alicyclic amines) is 1. The average Bonchev–Trinajstić information content (AvgIpc) is 2.27. The van der Waals surface area contributed by atoms with Gasteiger partial charge in [0.15, 0.2) is 0 Å². The van der Waals surface area contributed by atoms with Crippen molar-refractivity contribution >= 4 is 11.9 Å². The Morgan fingerprint density at radius 1 is 1.42 bits per heavy atom. The number of carbonyl (C=O) groups is 2. The maximum absolute atomic E-state index is 11.7. The van der Waals surface area contributed by atoms with Gasteiger partial charge in [-0.25, -0.2) is 4.79 Å². The van der Waals surface area contributed by atoms with Crippen LogP contribution in [0.25, 0.3) is 0 Å². The van der Waals surface area contributed by atoms with Crippen molar-refractivity contribution in [3.05, 3.63) is 0 Å². The van der Waals surface area contributed by atoms with Crippen LogP contribution in [-0.4, -0.2) is 62.8 Å². The first kappa shape index (κ1) is 15.9. The van der Waals surface area contributed by atoms with Gasteiger partial charge in [0.2, 0.25) is 5.91 Å². The van der Waals surface area contributed by atoms with Gasteiger partial charge in [0.25, 0.3) is 0 Å². The summed E-state index contributed by atoms with van der Waals surface area (Å²) in [6, 6.07) is -0.386. The van der Waals surface area contributed by atoms with Gasteiger partial charge in [-0.05, 0) is 12.3 Å². The number of nitrogens with two attached hydrogens (primary N) is 1. The van der Waals surface area contributed by atoms with Gasteiger partial charge < -0.3 is 15.8 Å². The van der Waals surface area contributed by atoms with Crippen LogP contribution < -0.4 is 16.4 Å². The lowest BCUT2D eigenvalue weighted by molar-refractivity contribution is -0.121. The maximum atomic E-state index is 11.7. The third kappa shape index (κ3) is 6.51. The summed E-state index contributed by atoms with van der Waals surface area (Å²) >= 11 is 0. The fraction of sp³-hybridized carbons (Fsp3) is 0.833. The molecule has 0 aliphatic carbocycles. The van der Waals surface area contributed by atoms with E-state index in [1.807, 2.05) is 4.90 Å². The van der Waals surface area contributed by atoms with E-state index < -0.39 is 6.03 Å². The molecule has 3 amide bonds.